The third kappa shape index (κ3) is 8.20. The number of aliphatic hydroxyl groups excluding tert-OH is 1. The van der Waals surface area contributed by atoms with Gasteiger partial charge in [0.25, 0.3) is 5.91 Å². The number of rotatable bonds is 12. The number of piperidine rings is 1. The zero-order valence-electron chi connectivity index (χ0n) is 28.2. The van der Waals surface area contributed by atoms with Gasteiger partial charge in [-0.2, -0.15) is 0 Å². The fourth-order valence-corrected chi connectivity index (χ4v) is 8.44. The normalized spacial score (nSPS) is 24.4. The predicted octanol–water partition coefficient (Wildman–Crippen LogP) is 3.89. The van der Waals surface area contributed by atoms with Crippen LogP contribution in [0.15, 0.2) is 42.5 Å². The Hall–Kier alpha value is -3.50. The molecule has 2 saturated carbocycles. The summed E-state index contributed by atoms with van der Waals surface area (Å²) >= 11 is 0. The molecule has 260 valence electrons. The molecule has 5 N–H and O–H groups in total. The highest BCUT2D eigenvalue weighted by Gasteiger charge is 2.45. The lowest BCUT2D eigenvalue weighted by atomic mass is 9.79. The highest BCUT2D eigenvalue weighted by atomic mass is 16.3. The largest absolute Gasteiger partial charge is 0.381 e. The maximum Gasteiger partial charge on any atom is 0.251 e. The number of nitrogens with zero attached hydrogens (tertiary/aromatic N) is 2. The molecule has 2 unspecified atom stereocenters. The number of carbonyl (C=O) groups excluding carboxylic acids is 4. The summed E-state index contributed by atoms with van der Waals surface area (Å²) in [6.45, 7) is 2.25. The predicted molar refractivity (Wildman–Crippen MR) is 185 cm³/mol. The van der Waals surface area contributed by atoms with E-state index in [1.54, 1.807) is 11.0 Å². The lowest BCUT2D eigenvalue weighted by Gasteiger charge is -2.34. The monoisotopic (exact) mass is 659 g/mol. The third-order valence-electron chi connectivity index (χ3n) is 11.5. The average Bonchev–Trinajstić information content (AvgIpc) is 3.54. The van der Waals surface area contributed by atoms with Crippen LogP contribution in [0.25, 0.3) is 10.8 Å². The van der Waals surface area contributed by atoms with Crippen molar-refractivity contribution in [2.24, 2.45) is 17.6 Å². The second-order valence-corrected chi connectivity index (χ2v) is 14.8. The Bertz CT molecular complexity index is 1450. The van der Waals surface area contributed by atoms with Crippen LogP contribution >= 0.6 is 0 Å². The standard InChI is InChI=1S/C38H53N5O5/c39-35(45)34(44)31(20-26-12-9-13-26)40-37(47)33-23-30(42-18-7-2-8-19-42)24-43(33)38(48)32(21-25-10-3-1-4-11-25)41-36(46)29-17-16-27-14-5-6-15-28(27)22-29/h5-6,14-17,22,25-26,30-34,44H,1-4,7-13,18-21,23-24H2,(H2,39,45)(H,40,47)(H,41,46)/t30-,31?,32+,33-,34?/m0/s1. The van der Waals surface area contributed by atoms with Crippen molar-refractivity contribution in [1.82, 2.24) is 20.4 Å². The first-order valence-corrected chi connectivity index (χ1v) is 18.4. The van der Waals surface area contributed by atoms with Gasteiger partial charge in [-0.25, -0.2) is 0 Å². The minimum atomic E-state index is -1.50. The molecule has 0 aromatic heterocycles. The summed E-state index contributed by atoms with van der Waals surface area (Å²) in [5, 5.41) is 18.8. The van der Waals surface area contributed by atoms with E-state index in [1.807, 2.05) is 36.4 Å². The number of likely N-dealkylation sites (tertiary alicyclic amines) is 2. The summed E-state index contributed by atoms with van der Waals surface area (Å²) in [5.74, 6) is -1.14. The van der Waals surface area contributed by atoms with Crippen LogP contribution in [0.2, 0.25) is 0 Å². The van der Waals surface area contributed by atoms with Crippen molar-refractivity contribution in [2.75, 3.05) is 19.6 Å². The molecule has 10 nitrogen and oxygen atoms in total. The quantitative estimate of drug-likeness (QED) is 0.272. The smallest absolute Gasteiger partial charge is 0.251 e. The van der Waals surface area contributed by atoms with E-state index in [0.717, 1.165) is 81.6 Å². The number of benzene rings is 2. The minimum absolute atomic E-state index is 0.0164. The van der Waals surface area contributed by atoms with Gasteiger partial charge in [-0.05, 0) is 79.9 Å². The molecule has 6 rings (SSSR count). The fraction of sp³-hybridized carbons (Fsp3) is 0.632. The van der Waals surface area contributed by atoms with Gasteiger partial charge in [0.1, 0.15) is 12.1 Å². The van der Waals surface area contributed by atoms with Crippen molar-refractivity contribution in [3.05, 3.63) is 48.0 Å². The molecule has 2 aliphatic heterocycles. The van der Waals surface area contributed by atoms with Crippen molar-refractivity contribution in [3.63, 3.8) is 0 Å². The van der Waals surface area contributed by atoms with Crippen LogP contribution in [0.3, 0.4) is 0 Å². The van der Waals surface area contributed by atoms with Gasteiger partial charge in [-0.1, -0.05) is 88.1 Å². The van der Waals surface area contributed by atoms with Crippen LogP contribution in [0.1, 0.15) is 100 Å². The molecule has 5 atom stereocenters. The molecule has 2 aromatic carbocycles. The van der Waals surface area contributed by atoms with Crippen LogP contribution in [0.4, 0.5) is 0 Å². The number of nitrogens with one attached hydrogen (secondary N) is 2. The van der Waals surface area contributed by atoms with Crippen LogP contribution in [-0.2, 0) is 14.4 Å². The number of primary amides is 1. The minimum Gasteiger partial charge on any atom is -0.381 e. The molecule has 4 amide bonds. The molecule has 0 spiro atoms. The maximum absolute atomic E-state index is 14.7. The molecule has 10 heteroatoms. The Morgan fingerprint density at radius 2 is 1.48 bits per heavy atom. The SMILES string of the molecule is NC(=O)C(O)C(CC1CCC1)NC(=O)[C@@H]1C[C@H](N2CCCCC2)CN1C(=O)[C@@H](CC1CCCCC1)NC(=O)c1ccc2ccccc2c1. The van der Waals surface area contributed by atoms with Crippen molar-refractivity contribution >= 4 is 34.4 Å². The molecule has 2 heterocycles. The Morgan fingerprint density at radius 1 is 0.812 bits per heavy atom. The van der Waals surface area contributed by atoms with Gasteiger partial charge < -0.3 is 26.4 Å². The van der Waals surface area contributed by atoms with E-state index >= 15 is 0 Å². The summed E-state index contributed by atoms with van der Waals surface area (Å²) in [6, 6.07) is 11.1. The average molecular weight is 660 g/mol. The zero-order chi connectivity index (χ0) is 33.6. The highest BCUT2D eigenvalue weighted by Crippen LogP contribution is 2.33. The van der Waals surface area contributed by atoms with Gasteiger partial charge in [0.05, 0.1) is 6.04 Å². The molecule has 0 bridgehead atoms. The molecule has 48 heavy (non-hydrogen) atoms. The summed E-state index contributed by atoms with van der Waals surface area (Å²) < 4.78 is 0. The number of hydrogen-bond donors (Lipinski definition) is 4. The van der Waals surface area contributed by atoms with Gasteiger partial charge >= 0.3 is 0 Å². The first-order valence-electron chi connectivity index (χ1n) is 18.4. The van der Waals surface area contributed by atoms with Gasteiger partial charge in [0.15, 0.2) is 6.10 Å². The second kappa shape index (κ2) is 15.8. The third-order valence-corrected chi connectivity index (χ3v) is 11.5. The van der Waals surface area contributed by atoms with E-state index in [-0.39, 0.29) is 23.8 Å². The molecular weight excluding hydrogens is 606 g/mol. The topological polar surface area (TPSA) is 145 Å². The van der Waals surface area contributed by atoms with E-state index in [1.165, 1.54) is 12.8 Å². The van der Waals surface area contributed by atoms with Crippen molar-refractivity contribution < 1.29 is 24.3 Å². The number of nitrogens with two attached hydrogens (primary N) is 1. The van der Waals surface area contributed by atoms with E-state index in [0.29, 0.717) is 43.2 Å². The number of carbonyl (C=O) groups is 4. The number of fused-ring (bicyclic) bond motifs is 1. The number of amides is 4. The Balaban J connectivity index is 1.25. The number of hydrogen-bond acceptors (Lipinski definition) is 6. The van der Waals surface area contributed by atoms with Gasteiger partial charge in [-0.3, -0.25) is 24.1 Å². The van der Waals surface area contributed by atoms with Crippen LogP contribution in [-0.4, -0.2) is 88.4 Å². The van der Waals surface area contributed by atoms with Gasteiger partial charge in [0.2, 0.25) is 17.7 Å². The Morgan fingerprint density at radius 3 is 2.17 bits per heavy atom. The Labute approximate surface area is 284 Å². The molecule has 2 aliphatic carbocycles. The second-order valence-electron chi connectivity index (χ2n) is 14.8. The first-order chi connectivity index (χ1) is 23.3. The van der Waals surface area contributed by atoms with Gasteiger partial charge in [0, 0.05) is 18.2 Å². The summed E-state index contributed by atoms with van der Waals surface area (Å²) in [4.78, 5) is 58.7. The van der Waals surface area contributed by atoms with Gasteiger partial charge in [-0.15, -0.1) is 0 Å². The molecule has 4 aliphatic rings. The molecule has 2 saturated heterocycles. The summed E-state index contributed by atoms with van der Waals surface area (Å²) in [6.07, 6.45) is 11.8. The fourth-order valence-electron chi connectivity index (χ4n) is 8.44. The van der Waals surface area contributed by atoms with E-state index in [9.17, 15) is 24.3 Å². The Kier molecular flexibility index (Phi) is 11.3. The van der Waals surface area contributed by atoms with Crippen molar-refractivity contribution in [2.45, 2.75) is 120 Å². The lowest BCUT2D eigenvalue weighted by molar-refractivity contribution is -0.141. The van der Waals surface area contributed by atoms with E-state index < -0.39 is 30.1 Å². The highest BCUT2D eigenvalue weighted by molar-refractivity contribution is 6.01. The molecular formula is C38H53N5O5. The summed E-state index contributed by atoms with van der Waals surface area (Å²) in [5.41, 5.74) is 5.99. The van der Waals surface area contributed by atoms with Crippen LogP contribution < -0.4 is 16.4 Å². The zero-order valence-corrected chi connectivity index (χ0v) is 28.2. The van der Waals surface area contributed by atoms with E-state index in [2.05, 4.69) is 15.5 Å². The van der Waals surface area contributed by atoms with Crippen molar-refractivity contribution in [1.29, 1.82) is 0 Å². The van der Waals surface area contributed by atoms with Crippen molar-refractivity contribution in [3.8, 4) is 0 Å². The molecule has 4 fully saturated rings. The molecule has 0 radical (unpaired) electrons. The number of aliphatic hydroxyl groups is 1. The first kappa shape index (κ1) is 34.4. The van der Waals surface area contributed by atoms with Crippen LogP contribution in [0.5, 0.6) is 0 Å². The van der Waals surface area contributed by atoms with Crippen LogP contribution in [0, 0.1) is 11.8 Å². The molecule has 2 aromatic rings. The summed E-state index contributed by atoms with van der Waals surface area (Å²) in [7, 11) is 0. The van der Waals surface area contributed by atoms with E-state index in [4.69, 9.17) is 5.73 Å². The maximum atomic E-state index is 14.7. The lowest BCUT2D eigenvalue weighted by Crippen LogP contribution is -2.57.